The van der Waals surface area contributed by atoms with Crippen LogP contribution in [0.4, 0.5) is 4.79 Å². The number of urea groups is 1. The highest BCUT2D eigenvalue weighted by Gasteiger charge is 2.39. The van der Waals surface area contributed by atoms with E-state index in [0.717, 1.165) is 0 Å². The van der Waals surface area contributed by atoms with Crippen LogP contribution in [0.1, 0.15) is 11.6 Å². The van der Waals surface area contributed by atoms with E-state index in [1.54, 1.807) is 12.1 Å². The third-order valence-electron chi connectivity index (χ3n) is 3.05. The van der Waals surface area contributed by atoms with E-state index in [2.05, 4.69) is 33.1 Å². The summed E-state index contributed by atoms with van der Waals surface area (Å²) in [5.41, 5.74) is 0.635. The predicted octanol–water partition coefficient (Wildman–Crippen LogP) is 1.81. The van der Waals surface area contributed by atoms with Crippen LogP contribution in [0.15, 0.2) is 34.9 Å². The molecule has 0 aromatic heterocycles. The quantitative estimate of drug-likeness (QED) is 0.716. The highest BCUT2D eigenvalue weighted by atomic mass is 79.9. The molecule has 1 aromatic carbocycles. The van der Waals surface area contributed by atoms with E-state index in [0.29, 0.717) is 10.0 Å². The van der Waals surface area contributed by atoms with Gasteiger partial charge in [-0.2, -0.15) is 0 Å². The van der Waals surface area contributed by atoms with E-state index in [1.165, 1.54) is 13.2 Å². The molecule has 20 heavy (non-hydrogen) atoms. The minimum absolute atomic E-state index is 0.0258. The van der Waals surface area contributed by atoms with Gasteiger partial charge in [-0.15, -0.1) is 0 Å². The van der Waals surface area contributed by atoms with Crippen LogP contribution in [0, 0.1) is 5.92 Å². The number of ether oxygens (including phenoxy) is 1. The first kappa shape index (κ1) is 14.4. The third-order valence-corrected chi connectivity index (χ3v) is 3.54. The zero-order chi connectivity index (χ0) is 14.9. The summed E-state index contributed by atoms with van der Waals surface area (Å²) in [6.45, 7) is 3.68. The van der Waals surface area contributed by atoms with Crippen LogP contribution in [-0.2, 0) is 9.53 Å². The number of methoxy groups -OCH3 is 1. The monoisotopic (exact) mass is 340 g/mol. The summed E-state index contributed by atoms with van der Waals surface area (Å²) < 4.78 is 5.45. The number of nitrogens with one attached hydrogen (secondary N) is 2. The smallest absolute Gasteiger partial charge is 0.319 e. The van der Waals surface area contributed by atoms with Gasteiger partial charge in [-0.1, -0.05) is 22.5 Å². The van der Waals surface area contributed by atoms with E-state index in [1.807, 2.05) is 0 Å². The number of hydrogen-bond acceptors (Lipinski definition) is 4. The molecule has 106 valence electrons. The van der Waals surface area contributed by atoms with Crippen molar-refractivity contribution in [3.63, 3.8) is 0 Å². The first-order chi connectivity index (χ1) is 9.43. The van der Waals surface area contributed by atoms with Gasteiger partial charge in [0.1, 0.15) is 11.7 Å². The number of aromatic hydroxyl groups is 1. The molecule has 2 atom stereocenters. The maximum absolute atomic E-state index is 11.9. The fourth-order valence-electron chi connectivity index (χ4n) is 2.12. The van der Waals surface area contributed by atoms with Crippen LogP contribution in [0.25, 0.3) is 0 Å². The minimum Gasteiger partial charge on any atom is -0.508 e. The molecule has 2 amide bonds. The Balaban J connectivity index is 2.48. The number of rotatable bonds is 2. The van der Waals surface area contributed by atoms with Crippen molar-refractivity contribution in [1.29, 1.82) is 0 Å². The molecule has 0 aliphatic carbocycles. The van der Waals surface area contributed by atoms with Crippen molar-refractivity contribution in [2.75, 3.05) is 7.11 Å². The molecule has 1 fully saturated rings. The third kappa shape index (κ3) is 2.62. The molecule has 0 saturated carbocycles. The molecule has 7 heteroatoms. The first-order valence-electron chi connectivity index (χ1n) is 5.76. The van der Waals surface area contributed by atoms with E-state index in [-0.39, 0.29) is 11.4 Å². The normalized spacial score (nSPS) is 21.9. The lowest BCUT2D eigenvalue weighted by Gasteiger charge is -2.33. The minimum atomic E-state index is -0.821. The van der Waals surface area contributed by atoms with Gasteiger partial charge < -0.3 is 20.5 Å². The van der Waals surface area contributed by atoms with Crippen molar-refractivity contribution in [3.05, 3.63) is 40.5 Å². The Labute approximate surface area is 123 Å². The van der Waals surface area contributed by atoms with Gasteiger partial charge >= 0.3 is 12.0 Å². The number of halogens is 1. The van der Waals surface area contributed by atoms with Gasteiger partial charge in [0.25, 0.3) is 0 Å². The SMILES string of the molecule is C=C1NC(=O)NC(c2cc(Br)ccc2O)C1C(=O)OC. The largest absolute Gasteiger partial charge is 0.508 e. The second-order valence-corrected chi connectivity index (χ2v) is 5.22. The number of carbonyl (C=O) groups is 2. The molecule has 2 rings (SSSR count). The fourth-order valence-corrected chi connectivity index (χ4v) is 2.50. The van der Waals surface area contributed by atoms with Gasteiger partial charge in [0, 0.05) is 15.7 Å². The summed E-state index contributed by atoms with van der Waals surface area (Å²) in [5, 5.41) is 15.0. The molecule has 2 unspecified atom stereocenters. The lowest BCUT2D eigenvalue weighted by atomic mass is 9.88. The summed E-state index contributed by atoms with van der Waals surface area (Å²) >= 11 is 3.29. The molecule has 3 N–H and O–H groups in total. The number of benzene rings is 1. The van der Waals surface area contributed by atoms with Crippen molar-refractivity contribution >= 4 is 27.9 Å². The topological polar surface area (TPSA) is 87.7 Å². The van der Waals surface area contributed by atoms with Crippen LogP contribution in [0.3, 0.4) is 0 Å². The molecule has 1 aromatic rings. The molecular weight excluding hydrogens is 328 g/mol. The zero-order valence-corrected chi connectivity index (χ0v) is 12.2. The molecule has 1 saturated heterocycles. The summed E-state index contributed by atoms with van der Waals surface area (Å²) in [6, 6.07) is 3.53. The highest BCUT2D eigenvalue weighted by Crippen LogP contribution is 2.36. The Morgan fingerprint density at radius 2 is 2.20 bits per heavy atom. The second-order valence-electron chi connectivity index (χ2n) is 4.31. The van der Waals surface area contributed by atoms with Crippen molar-refractivity contribution < 1.29 is 19.4 Å². The number of amides is 2. The Morgan fingerprint density at radius 1 is 1.50 bits per heavy atom. The van der Waals surface area contributed by atoms with E-state index in [4.69, 9.17) is 4.74 Å². The zero-order valence-electron chi connectivity index (χ0n) is 10.6. The van der Waals surface area contributed by atoms with E-state index in [9.17, 15) is 14.7 Å². The van der Waals surface area contributed by atoms with Crippen LogP contribution in [-0.4, -0.2) is 24.2 Å². The van der Waals surface area contributed by atoms with E-state index >= 15 is 0 Å². The predicted molar refractivity (Wildman–Crippen MR) is 74.9 cm³/mol. The van der Waals surface area contributed by atoms with E-state index < -0.39 is 24.0 Å². The van der Waals surface area contributed by atoms with Crippen molar-refractivity contribution in [2.45, 2.75) is 6.04 Å². The Hall–Kier alpha value is -2.02. The molecule has 1 aliphatic rings. The number of esters is 1. The Morgan fingerprint density at radius 3 is 2.85 bits per heavy atom. The average molecular weight is 341 g/mol. The highest BCUT2D eigenvalue weighted by molar-refractivity contribution is 9.10. The Kier molecular flexibility index (Phi) is 3.99. The standard InChI is InChI=1S/C13H13BrN2O4/c1-6-10(12(18)20-2)11(16-13(19)15-6)8-5-7(14)3-4-9(8)17/h3-5,10-11,17H,1H2,2H3,(H2,15,16,19). The lowest BCUT2D eigenvalue weighted by molar-refractivity contribution is -0.145. The number of carbonyl (C=O) groups excluding carboxylic acids is 2. The molecule has 0 bridgehead atoms. The van der Waals surface area contributed by atoms with Crippen LogP contribution in [0.5, 0.6) is 5.75 Å². The summed E-state index contributed by atoms with van der Waals surface area (Å²) in [5.74, 6) is -1.40. The molecule has 1 heterocycles. The van der Waals surface area contributed by atoms with Gasteiger partial charge in [-0.3, -0.25) is 4.79 Å². The number of phenols is 1. The summed E-state index contributed by atoms with van der Waals surface area (Å²) in [4.78, 5) is 23.5. The van der Waals surface area contributed by atoms with Gasteiger partial charge in [-0.05, 0) is 18.2 Å². The van der Waals surface area contributed by atoms with Crippen molar-refractivity contribution in [3.8, 4) is 5.75 Å². The summed E-state index contributed by atoms with van der Waals surface area (Å²) in [6.07, 6.45) is 0. The van der Waals surface area contributed by atoms with Crippen LogP contribution >= 0.6 is 15.9 Å². The summed E-state index contributed by atoms with van der Waals surface area (Å²) in [7, 11) is 1.25. The van der Waals surface area contributed by atoms with Gasteiger partial charge in [0.2, 0.25) is 0 Å². The van der Waals surface area contributed by atoms with Crippen LogP contribution < -0.4 is 10.6 Å². The number of hydrogen-bond donors (Lipinski definition) is 3. The second kappa shape index (κ2) is 5.54. The first-order valence-corrected chi connectivity index (χ1v) is 6.56. The average Bonchev–Trinajstić information content (AvgIpc) is 2.40. The van der Waals surface area contributed by atoms with Gasteiger partial charge in [0.15, 0.2) is 0 Å². The fraction of sp³-hybridized carbons (Fsp3) is 0.231. The van der Waals surface area contributed by atoms with Crippen molar-refractivity contribution in [2.24, 2.45) is 5.92 Å². The molecule has 1 aliphatic heterocycles. The van der Waals surface area contributed by atoms with Gasteiger partial charge in [-0.25, -0.2) is 4.79 Å². The molecular formula is C13H13BrN2O4. The Bertz CT molecular complexity index is 588. The molecule has 0 spiro atoms. The van der Waals surface area contributed by atoms with Crippen LogP contribution in [0.2, 0.25) is 0 Å². The maximum atomic E-state index is 11.9. The molecule has 6 nitrogen and oxygen atoms in total. The maximum Gasteiger partial charge on any atom is 0.319 e. The number of phenolic OH excluding ortho intramolecular Hbond substituents is 1. The van der Waals surface area contributed by atoms with Crippen molar-refractivity contribution in [1.82, 2.24) is 10.6 Å². The lowest BCUT2D eigenvalue weighted by Crippen LogP contribution is -2.51. The van der Waals surface area contributed by atoms with Gasteiger partial charge in [0.05, 0.1) is 13.2 Å². The molecule has 0 radical (unpaired) electrons.